The number of hydrogen-bond donors (Lipinski definition) is 3. The Morgan fingerprint density at radius 2 is 2.22 bits per heavy atom. The molecule has 0 aliphatic heterocycles. The Bertz CT molecular complexity index is 546. The number of aliphatic hydroxyl groups is 1. The van der Waals surface area contributed by atoms with Crippen LogP contribution in [0.25, 0.3) is 0 Å². The second-order valence-electron chi connectivity index (χ2n) is 3.82. The second kappa shape index (κ2) is 4.84. The molecule has 1 unspecified atom stereocenters. The van der Waals surface area contributed by atoms with E-state index in [0.717, 1.165) is 17.8 Å². The van der Waals surface area contributed by atoms with Crippen molar-refractivity contribution in [2.75, 3.05) is 6.54 Å². The molecule has 0 saturated heterocycles. The first-order valence-corrected chi connectivity index (χ1v) is 6.57. The highest BCUT2D eigenvalue weighted by Crippen LogP contribution is 2.19. The molecule has 0 amide bonds. The second-order valence-corrected chi connectivity index (χ2v) is 5.91. The Morgan fingerprint density at radius 1 is 1.67 bits per heavy atom. The van der Waals surface area contributed by atoms with E-state index in [2.05, 4.69) is 5.10 Å². The zero-order valence-electron chi connectivity index (χ0n) is 9.58. The smallest absolute Gasteiger partial charge is 0.336 e. The van der Waals surface area contributed by atoms with Gasteiger partial charge in [0.2, 0.25) is 0 Å². The Balaban J connectivity index is 2.95. The minimum absolute atomic E-state index is 0.0973. The molecule has 8 nitrogen and oxygen atoms in total. The maximum Gasteiger partial charge on any atom is 0.336 e. The van der Waals surface area contributed by atoms with Crippen LogP contribution in [0.15, 0.2) is 11.2 Å². The van der Waals surface area contributed by atoms with Crippen molar-refractivity contribution in [3.05, 3.63) is 11.2 Å². The number of nitrogens with zero attached hydrogens (tertiary/aromatic N) is 2. The molecule has 3 N–H and O–H groups in total. The Kier molecular flexibility index (Phi) is 4.01. The van der Waals surface area contributed by atoms with E-state index in [1.807, 2.05) is 4.72 Å². The van der Waals surface area contributed by atoms with E-state index < -0.39 is 28.1 Å². The lowest BCUT2D eigenvalue weighted by Gasteiger charge is -2.18. The van der Waals surface area contributed by atoms with E-state index in [1.54, 1.807) is 0 Å². The van der Waals surface area contributed by atoms with E-state index in [1.165, 1.54) is 7.05 Å². The summed E-state index contributed by atoms with van der Waals surface area (Å²) in [5.74, 6) is -1.54. The number of nitrogens with one attached hydrogen (secondary N) is 1. The number of carbonyl (C=O) groups is 1. The van der Waals surface area contributed by atoms with Crippen LogP contribution in [0.5, 0.6) is 0 Å². The first-order valence-electron chi connectivity index (χ1n) is 4.71. The van der Waals surface area contributed by atoms with E-state index in [0.29, 0.717) is 0 Å². The third-order valence-corrected chi connectivity index (χ3v) is 4.07. The molecule has 0 radical (unpaired) electrons. The zero-order chi connectivity index (χ0) is 14.1. The van der Waals surface area contributed by atoms with Crippen LogP contribution in [0.1, 0.15) is 6.92 Å². The highest BCUT2D eigenvalue weighted by atomic mass is 35.5. The Labute approximate surface area is 108 Å². The monoisotopic (exact) mass is 297 g/mol. The van der Waals surface area contributed by atoms with Gasteiger partial charge < -0.3 is 10.2 Å². The normalized spacial score (nSPS) is 15.3. The molecule has 1 rings (SSSR count). The number of rotatable bonds is 5. The highest BCUT2D eigenvalue weighted by Gasteiger charge is 2.33. The number of carboxylic acids is 1. The Hall–Kier alpha value is -1.16. The van der Waals surface area contributed by atoms with Crippen LogP contribution in [-0.4, -0.2) is 46.5 Å². The van der Waals surface area contributed by atoms with Crippen molar-refractivity contribution in [3.63, 3.8) is 0 Å². The van der Waals surface area contributed by atoms with Crippen LogP contribution in [0, 0.1) is 0 Å². The Morgan fingerprint density at radius 3 is 2.61 bits per heavy atom. The fourth-order valence-electron chi connectivity index (χ4n) is 1.08. The summed E-state index contributed by atoms with van der Waals surface area (Å²) in [4.78, 5) is 10.6. The lowest BCUT2D eigenvalue weighted by Crippen LogP contribution is -2.46. The van der Waals surface area contributed by atoms with Gasteiger partial charge in [-0.1, -0.05) is 11.6 Å². The number of halogens is 1. The molecule has 0 saturated carbocycles. The summed E-state index contributed by atoms with van der Waals surface area (Å²) in [6.45, 7) is 0.287. The fraction of sp³-hybridized carbons (Fsp3) is 0.500. The number of hydrogen-bond acceptors (Lipinski definition) is 5. The summed E-state index contributed by atoms with van der Waals surface area (Å²) in [7, 11) is -2.68. The highest BCUT2D eigenvalue weighted by molar-refractivity contribution is 7.89. The lowest BCUT2D eigenvalue weighted by atomic mass is 10.1. The van der Waals surface area contributed by atoms with Crippen LogP contribution >= 0.6 is 11.6 Å². The molecule has 18 heavy (non-hydrogen) atoms. The predicted octanol–water partition coefficient (Wildman–Crippen LogP) is -0.813. The van der Waals surface area contributed by atoms with E-state index in [-0.39, 0.29) is 10.0 Å². The quantitative estimate of drug-likeness (QED) is 0.653. The van der Waals surface area contributed by atoms with Gasteiger partial charge in [-0.25, -0.2) is 17.9 Å². The summed E-state index contributed by atoms with van der Waals surface area (Å²) >= 11 is 5.66. The molecule has 10 heteroatoms. The molecule has 0 aliphatic rings. The van der Waals surface area contributed by atoms with Crippen LogP contribution in [0.3, 0.4) is 0 Å². The molecule has 1 aromatic rings. The number of sulfonamides is 1. The molecule has 102 valence electrons. The zero-order valence-corrected chi connectivity index (χ0v) is 11.2. The average Bonchev–Trinajstić information content (AvgIpc) is 2.56. The van der Waals surface area contributed by atoms with Crippen LogP contribution in [0.2, 0.25) is 5.02 Å². The SMILES string of the molecule is Cn1ncc(Cl)c1S(=O)(=O)NCC(C)(O)C(=O)O. The molecular weight excluding hydrogens is 286 g/mol. The predicted molar refractivity (Wildman–Crippen MR) is 61.7 cm³/mol. The number of aryl methyl sites for hydroxylation is 1. The summed E-state index contributed by atoms with van der Waals surface area (Å²) in [6.07, 6.45) is 1.14. The van der Waals surface area contributed by atoms with Crippen molar-refractivity contribution >= 4 is 27.6 Å². The summed E-state index contributed by atoms with van der Waals surface area (Å²) in [6, 6.07) is 0. The topological polar surface area (TPSA) is 122 Å². The maximum absolute atomic E-state index is 11.8. The molecule has 0 fully saturated rings. The van der Waals surface area contributed by atoms with Gasteiger partial charge in [0.1, 0.15) is 0 Å². The van der Waals surface area contributed by atoms with Gasteiger partial charge in [-0.3, -0.25) is 4.68 Å². The van der Waals surface area contributed by atoms with Crippen molar-refractivity contribution in [1.82, 2.24) is 14.5 Å². The summed E-state index contributed by atoms with van der Waals surface area (Å²) in [5.41, 5.74) is -2.21. The number of aromatic nitrogens is 2. The van der Waals surface area contributed by atoms with Crippen molar-refractivity contribution in [1.29, 1.82) is 0 Å². The van der Waals surface area contributed by atoms with Gasteiger partial charge in [0.15, 0.2) is 10.6 Å². The van der Waals surface area contributed by atoms with Crippen molar-refractivity contribution in [2.45, 2.75) is 17.6 Å². The maximum atomic E-state index is 11.8. The molecule has 1 aromatic heterocycles. The lowest BCUT2D eigenvalue weighted by molar-refractivity contribution is -0.155. The third kappa shape index (κ3) is 2.99. The van der Waals surface area contributed by atoms with Gasteiger partial charge in [0.05, 0.1) is 17.8 Å². The molecular formula is C8H12ClN3O5S. The van der Waals surface area contributed by atoms with Crippen molar-refractivity contribution in [2.24, 2.45) is 7.05 Å². The van der Waals surface area contributed by atoms with Crippen molar-refractivity contribution in [3.8, 4) is 0 Å². The molecule has 0 bridgehead atoms. The molecule has 1 atom stereocenters. The van der Waals surface area contributed by atoms with Gasteiger partial charge in [-0.05, 0) is 6.92 Å². The van der Waals surface area contributed by atoms with Gasteiger partial charge in [0.25, 0.3) is 10.0 Å². The van der Waals surface area contributed by atoms with Crippen LogP contribution in [-0.2, 0) is 21.9 Å². The molecule has 0 spiro atoms. The largest absolute Gasteiger partial charge is 0.479 e. The minimum Gasteiger partial charge on any atom is -0.479 e. The first-order chi connectivity index (χ1) is 8.08. The van der Waals surface area contributed by atoms with Crippen LogP contribution in [0.4, 0.5) is 0 Å². The third-order valence-electron chi connectivity index (χ3n) is 2.16. The van der Waals surface area contributed by atoms with E-state index in [9.17, 15) is 18.3 Å². The van der Waals surface area contributed by atoms with Gasteiger partial charge >= 0.3 is 5.97 Å². The minimum atomic E-state index is -4.05. The number of carboxylic acid groups (broad SMARTS) is 1. The van der Waals surface area contributed by atoms with Crippen LogP contribution < -0.4 is 4.72 Å². The van der Waals surface area contributed by atoms with Gasteiger partial charge in [-0.2, -0.15) is 5.10 Å². The average molecular weight is 298 g/mol. The number of aliphatic carboxylic acids is 1. The summed E-state index contributed by atoms with van der Waals surface area (Å²) < 4.78 is 26.7. The van der Waals surface area contributed by atoms with E-state index >= 15 is 0 Å². The van der Waals surface area contributed by atoms with Gasteiger partial charge in [-0.15, -0.1) is 0 Å². The molecule has 0 aliphatic carbocycles. The van der Waals surface area contributed by atoms with Gasteiger partial charge in [0, 0.05) is 7.05 Å². The van der Waals surface area contributed by atoms with E-state index in [4.69, 9.17) is 16.7 Å². The molecule has 0 aromatic carbocycles. The first kappa shape index (κ1) is 14.9. The standard InChI is InChI=1S/C8H12ClN3O5S/c1-8(15,7(13)14)4-11-18(16,17)6-5(9)3-10-12(6)2/h3,11,15H,4H2,1-2H3,(H,13,14). The van der Waals surface area contributed by atoms with Crippen molar-refractivity contribution < 1.29 is 23.4 Å². The summed E-state index contributed by atoms with van der Waals surface area (Å²) in [5, 5.41) is 21.3. The molecule has 1 heterocycles. The fourth-order valence-corrected chi connectivity index (χ4v) is 2.86.